The lowest BCUT2D eigenvalue weighted by Gasteiger charge is -2.27. The van der Waals surface area contributed by atoms with Gasteiger partial charge in [0, 0.05) is 25.7 Å². The van der Waals surface area contributed by atoms with Gasteiger partial charge < -0.3 is 19.6 Å². The maximum Gasteiger partial charge on any atom is 0.312 e. The van der Waals surface area contributed by atoms with E-state index in [1.165, 1.54) is 18.7 Å². The van der Waals surface area contributed by atoms with Crippen molar-refractivity contribution >= 4 is 28.8 Å². The van der Waals surface area contributed by atoms with Crippen LogP contribution in [0.1, 0.15) is 41.4 Å². The normalized spacial score (nSPS) is 17.1. The highest BCUT2D eigenvalue weighted by Gasteiger charge is 2.30. The molecule has 1 atom stereocenters. The molecule has 10 heteroatoms. The molecule has 0 radical (unpaired) electrons. The molecule has 0 spiro atoms. The minimum absolute atomic E-state index is 0.0208. The average Bonchev–Trinajstić information content (AvgIpc) is 3.40. The molecule has 1 aliphatic heterocycles. The number of aryl methyl sites for hydroxylation is 1. The van der Waals surface area contributed by atoms with Crippen LogP contribution in [0.15, 0.2) is 47.4 Å². The van der Waals surface area contributed by atoms with Gasteiger partial charge in [-0.05, 0) is 37.8 Å². The summed E-state index contributed by atoms with van der Waals surface area (Å²) in [5.41, 5.74) is 8.13. The first kappa shape index (κ1) is 21.7. The van der Waals surface area contributed by atoms with Crippen LogP contribution < -0.4 is 16.6 Å². The maximum absolute atomic E-state index is 12.9. The molecule has 0 bridgehead atoms. The average molecular weight is 438 g/mol. The van der Waals surface area contributed by atoms with Crippen LogP contribution in [0.3, 0.4) is 0 Å². The van der Waals surface area contributed by atoms with Gasteiger partial charge >= 0.3 is 5.91 Å². The van der Waals surface area contributed by atoms with E-state index in [0.717, 1.165) is 40.9 Å². The molecule has 1 aromatic carbocycles. The van der Waals surface area contributed by atoms with Gasteiger partial charge in [-0.2, -0.15) is 0 Å². The number of para-hydroxylation sites is 1. The number of likely N-dealkylation sites (tertiary alicyclic amines) is 1. The minimum atomic E-state index is -0.552. The molecule has 2 amide bonds. The number of hydrogen-bond donors (Lipinski definition) is 2. The molecular formula is C22H27N7O3. The van der Waals surface area contributed by atoms with E-state index in [4.69, 9.17) is 16.0 Å². The molecule has 1 fully saturated rings. The summed E-state index contributed by atoms with van der Waals surface area (Å²) in [6.07, 6.45) is 8.31. The molecule has 4 rings (SSSR count). The van der Waals surface area contributed by atoms with Gasteiger partial charge in [0.25, 0.3) is 0 Å². The Bertz CT molecular complexity index is 1140. The van der Waals surface area contributed by atoms with Crippen molar-refractivity contribution in [2.45, 2.75) is 32.2 Å². The lowest BCUT2D eigenvalue weighted by atomic mass is 10.1. The lowest BCUT2D eigenvalue weighted by molar-refractivity contribution is -0.126. The molecule has 2 aromatic heterocycles. The van der Waals surface area contributed by atoms with Crippen molar-refractivity contribution in [3.63, 3.8) is 0 Å². The molecule has 168 valence electrons. The molecule has 3 heterocycles. The Hall–Kier alpha value is -3.50. The van der Waals surface area contributed by atoms with E-state index in [0.29, 0.717) is 25.6 Å². The Balaban J connectivity index is 1.77. The third-order valence-corrected chi connectivity index (χ3v) is 5.69. The number of nitrogens with two attached hydrogens (primary N) is 2. The lowest BCUT2D eigenvalue weighted by Crippen LogP contribution is -2.41. The highest BCUT2D eigenvalue weighted by atomic mass is 16.3. The van der Waals surface area contributed by atoms with Gasteiger partial charge in [0.1, 0.15) is 0 Å². The highest BCUT2D eigenvalue weighted by molar-refractivity contribution is 6.03. The minimum Gasteiger partial charge on any atom is -0.438 e. The third-order valence-electron chi connectivity index (χ3n) is 5.69. The van der Waals surface area contributed by atoms with E-state index < -0.39 is 5.91 Å². The Kier molecular flexibility index (Phi) is 6.33. The predicted molar refractivity (Wildman–Crippen MR) is 120 cm³/mol. The zero-order chi connectivity index (χ0) is 22.7. The maximum atomic E-state index is 12.9. The topological polar surface area (TPSA) is 137 Å². The zero-order valence-corrected chi connectivity index (χ0v) is 18.0. The summed E-state index contributed by atoms with van der Waals surface area (Å²) in [5, 5.41) is 0.991. The second-order valence-corrected chi connectivity index (χ2v) is 7.84. The Morgan fingerprint density at radius 3 is 2.94 bits per heavy atom. The van der Waals surface area contributed by atoms with E-state index in [2.05, 4.69) is 9.97 Å². The van der Waals surface area contributed by atoms with E-state index in [1.807, 2.05) is 34.6 Å². The van der Waals surface area contributed by atoms with Gasteiger partial charge in [-0.1, -0.05) is 18.2 Å². The van der Waals surface area contributed by atoms with Crippen molar-refractivity contribution in [3.05, 3.63) is 54.3 Å². The fraction of sp³-hybridized carbons (Fsp3) is 0.364. The third kappa shape index (κ3) is 4.14. The number of amides is 2. The first-order valence-electron chi connectivity index (χ1n) is 10.6. The number of anilines is 1. The van der Waals surface area contributed by atoms with Gasteiger partial charge in [-0.25, -0.2) is 20.8 Å². The number of rotatable bonds is 5. The molecule has 32 heavy (non-hydrogen) atoms. The van der Waals surface area contributed by atoms with Crippen LogP contribution in [0.4, 0.5) is 5.95 Å². The second kappa shape index (κ2) is 9.33. The Labute approximate surface area is 185 Å². The molecule has 10 nitrogen and oxygen atoms in total. The Morgan fingerprint density at radius 1 is 1.34 bits per heavy atom. The highest BCUT2D eigenvalue weighted by Crippen LogP contribution is 2.33. The van der Waals surface area contributed by atoms with Crippen LogP contribution in [-0.4, -0.2) is 50.9 Å². The van der Waals surface area contributed by atoms with Crippen LogP contribution in [0.25, 0.3) is 11.0 Å². The summed E-state index contributed by atoms with van der Waals surface area (Å²) in [6, 6.07) is 5.69. The summed E-state index contributed by atoms with van der Waals surface area (Å²) in [5.74, 6) is 5.95. The van der Waals surface area contributed by atoms with E-state index in [-0.39, 0.29) is 17.7 Å². The van der Waals surface area contributed by atoms with Crippen molar-refractivity contribution in [2.75, 3.05) is 24.6 Å². The SMILES string of the molecule is Cc1cccc2nc(N(N)C(=O)c3cnco3)n(C3CCCCN(C(=O)/C=C/CN)C3)c12. The number of fused-ring (bicyclic) bond motifs is 1. The van der Waals surface area contributed by atoms with Gasteiger partial charge in [0.05, 0.1) is 23.3 Å². The largest absolute Gasteiger partial charge is 0.438 e. The van der Waals surface area contributed by atoms with E-state index >= 15 is 0 Å². The van der Waals surface area contributed by atoms with Gasteiger partial charge in [-0.3, -0.25) is 9.59 Å². The van der Waals surface area contributed by atoms with Gasteiger partial charge in [0.15, 0.2) is 6.39 Å². The number of hydrogen-bond acceptors (Lipinski definition) is 7. The monoisotopic (exact) mass is 437 g/mol. The number of carbonyl (C=O) groups excluding carboxylic acids is 2. The van der Waals surface area contributed by atoms with Crippen LogP contribution in [0, 0.1) is 6.92 Å². The summed E-state index contributed by atoms with van der Waals surface area (Å²) < 4.78 is 7.12. The zero-order valence-electron chi connectivity index (χ0n) is 18.0. The second-order valence-electron chi connectivity index (χ2n) is 7.84. The smallest absolute Gasteiger partial charge is 0.312 e. The molecule has 1 saturated heterocycles. The van der Waals surface area contributed by atoms with E-state index in [9.17, 15) is 9.59 Å². The van der Waals surface area contributed by atoms with Crippen LogP contribution >= 0.6 is 0 Å². The molecule has 1 unspecified atom stereocenters. The fourth-order valence-electron chi connectivity index (χ4n) is 4.16. The van der Waals surface area contributed by atoms with Gasteiger partial charge in [-0.15, -0.1) is 0 Å². The van der Waals surface area contributed by atoms with Crippen molar-refractivity contribution < 1.29 is 14.0 Å². The standard InChI is InChI=1S/C22H27N7O3/c1-15-6-4-8-17-20(15)28(22(26-17)29(24)21(31)18-12-25-14-32-18)16-7-2-3-11-27(13-16)19(30)9-5-10-23/h4-6,8-9,12,14,16H,2-3,7,10-11,13,23-24H2,1H3/b9-5+. The van der Waals surface area contributed by atoms with Crippen molar-refractivity contribution in [1.29, 1.82) is 0 Å². The Morgan fingerprint density at radius 2 is 2.19 bits per heavy atom. The first-order chi connectivity index (χ1) is 15.5. The number of hydrazine groups is 1. The van der Waals surface area contributed by atoms with Crippen LogP contribution in [0.5, 0.6) is 0 Å². The summed E-state index contributed by atoms with van der Waals surface area (Å²) in [4.78, 5) is 35.9. The molecule has 1 aliphatic rings. The first-order valence-corrected chi connectivity index (χ1v) is 10.6. The molecule has 0 aliphatic carbocycles. The number of benzene rings is 1. The number of imidazole rings is 1. The van der Waals surface area contributed by atoms with Crippen molar-refractivity contribution in [2.24, 2.45) is 11.6 Å². The number of oxazole rings is 1. The fourth-order valence-corrected chi connectivity index (χ4v) is 4.16. The molecular weight excluding hydrogens is 410 g/mol. The van der Waals surface area contributed by atoms with Crippen LogP contribution in [0.2, 0.25) is 0 Å². The van der Waals surface area contributed by atoms with Crippen LogP contribution in [-0.2, 0) is 4.79 Å². The number of aromatic nitrogens is 3. The summed E-state index contributed by atoms with van der Waals surface area (Å²) in [7, 11) is 0. The van der Waals surface area contributed by atoms with E-state index in [1.54, 1.807) is 6.08 Å². The predicted octanol–water partition coefficient (Wildman–Crippen LogP) is 1.92. The number of carbonyl (C=O) groups is 2. The molecule has 4 N–H and O–H groups in total. The molecule has 3 aromatic rings. The summed E-state index contributed by atoms with van der Waals surface area (Å²) in [6.45, 7) is 3.44. The quantitative estimate of drug-likeness (QED) is 0.269. The van der Waals surface area contributed by atoms with Crippen molar-refractivity contribution in [3.8, 4) is 0 Å². The molecule has 0 saturated carbocycles. The van der Waals surface area contributed by atoms with Crippen molar-refractivity contribution in [1.82, 2.24) is 19.4 Å². The van der Waals surface area contributed by atoms with Gasteiger partial charge in [0.2, 0.25) is 17.6 Å². The number of nitrogens with zero attached hydrogens (tertiary/aromatic N) is 5. The summed E-state index contributed by atoms with van der Waals surface area (Å²) >= 11 is 0.